The Labute approximate surface area is 168 Å². The molecule has 6 heteroatoms. The van der Waals surface area contributed by atoms with Crippen LogP contribution in [0.15, 0.2) is 67.2 Å². The number of benzene rings is 1. The number of amides is 1. The van der Waals surface area contributed by atoms with Gasteiger partial charge in [-0.05, 0) is 61.7 Å². The Hall–Kier alpha value is -3.41. The topological polar surface area (TPSA) is 54.9 Å². The highest BCUT2D eigenvalue weighted by Gasteiger charge is 2.16. The van der Waals surface area contributed by atoms with E-state index in [1.807, 2.05) is 12.1 Å². The maximum Gasteiger partial charge on any atom is 0.271 e. The third kappa shape index (κ3) is 5.31. The fraction of sp³-hybridized carbons (Fsp3) is 0.174. The van der Waals surface area contributed by atoms with Crippen molar-refractivity contribution in [2.45, 2.75) is 26.3 Å². The van der Waals surface area contributed by atoms with Gasteiger partial charge in [0.15, 0.2) is 0 Å². The minimum atomic E-state index is -0.583. The molecular formula is C23H21F2N3O. The van der Waals surface area contributed by atoms with Crippen LogP contribution in [-0.2, 0) is 6.42 Å². The van der Waals surface area contributed by atoms with Crippen molar-refractivity contribution < 1.29 is 13.6 Å². The van der Waals surface area contributed by atoms with Crippen LogP contribution >= 0.6 is 0 Å². The van der Waals surface area contributed by atoms with Gasteiger partial charge in [0.1, 0.15) is 17.3 Å². The molecule has 0 saturated carbocycles. The van der Waals surface area contributed by atoms with Crippen molar-refractivity contribution in [3.8, 4) is 0 Å². The van der Waals surface area contributed by atoms with Crippen molar-refractivity contribution in [1.82, 2.24) is 15.3 Å². The lowest BCUT2D eigenvalue weighted by molar-refractivity contribution is 0.0943. The largest absolute Gasteiger partial charge is 0.345 e. The number of pyridine rings is 2. The minimum Gasteiger partial charge on any atom is -0.345 e. The molecule has 0 radical (unpaired) electrons. The van der Waals surface area contributed by atoms with E-state index in [0.29, 0.717) is 23.0 Å². The number of aromatic nitrogens is 2. The van der Waals surface area contributed by atoms with E-state index < -0.39 is 11.9 Å². The van der Waals surface area contributed by atoms with Crippen LogP contribution in [0.1, 0.15) is 34.2 Å². The van der Waals surface area contributed by atoms with Gasteiger partial charge >= 0.3 is 0 Å². The van der Waals surface area contributed by atoms with Gasteiger partial charge in [0, 0.05) is 23.3 Å². The molecule has 2 aromatic heterocycles. The molecule has 1 N–H and O–H groups in total. The number of nitrogens with one attached hydrogen (secondary N) is 1. The molecule has 1 aromatic carbocycles. The van der Waals surface area contributed by atoms with Gasteiger partial charge in [0.25, 0.3) is 5.91 Å². The SMILES string of the molecule is C=C(F)/C=C\C(C)NC(=O)c1nc(C)cc2ncc(Cc3ccc(F)cc3)cc12. The van der Waals surface area contributed by atoms with E-state index in [1.54, 1.807) is 32.2 Å². The van der Waals surface area contributed by atoms with Crippen molar-refractivity contribution in [3.63, 3.8) is 0 Å². The molecule has 0 spiro atoms. The number of fused-ring (bicyclic) bond motifs is 1. The molecule has 2 heterocycles. The molecule has 3 aromatic rings. The van der Waals surface area contributed by atoms with Gasteiger partial charge in [-0.1, -0.05) is 24.8 Å². The first-order valence-electron chi connectivity index (χ1n) is 9.16. The van der Waals surface area contributed by atoms with Crippen LogP contribution in [-0.4, -0.2) is 21.9 Å². The monoisotopic (exact) mass is 393 g/mol. The Bertz CT molecular complexity index is 1090. The van der Waals surface area contributed by atoms with Gasteiger partial charge in [-0.3, -0.25) is 9.78 Å². The Morgan fingerprint density at radius 1 is 1.24 bits per heavy atom. The zero-order valence-electron chi connectivity index (χ0n) is 16.2. The number of hydrogen-bond acceptors (Lipinski definition) is 3. The molecule has 4 nitrogen and oxygen atoms in total. The third-order valence-electron chi connectivity index (χ3n) is 4.33. The zero-order chi connectivity index (χ0) is 21.0. The summed E-state index contributed by atoms with van der Waals surface area (Å²) < 4.78 is 25.9. The Balaban J connectivity index is 1.92. The molecule has 0 bridgehead atoms. The average molecular weight is 393 g/mol. The molecule has 148 valence electrons. The Morgan fingerprint density at radius 2 is 1.97 bits per heavy atom. The first-order valence-corrected chi connectivity index (χ1v) is 9.16. The molecular weight excluding hydrogens is 372 g/mol. The maximum absolute atomic E-state index is 13.1. The van der Waals surface area contributed by atoms with Gasteiger partial charge in [0.2, 0.25) is 0 Å². The summed E-state index contributed by atoms with van der Waals surface area (Å²) >= 11 is 0. The molecule has 1 atom stereocenters. The second-order valence-corrected chi connectivity index (χ2v) is 6.89. The number of allylic oxidation sites excluding steroid dienone is 2. The van der Waals surface area contributed by atoms with Crippen LogP contribution in [0.3, 0.4) is 0 Å². The minimum absolute atomic E-state index is 0.257. The normalized spacial score (nSPS) is 12.3. The molecule has 0 aliphatic rings. The number of carbonyl (C=O) groups excluding carboxylic acids is 1. The summed E-state index contributed by atoms with van der Waals surface area (Å²) in [5.41, 5.74) is 3.40. The second kappa shape index (κ2) is 8.73. The quantitative estimate of drug-likeness (QED) is 0.611. The van der Waals surface area contributed by atoms with Gasteiger partial charge < -0.3 is 5.32 Å². The number of carbonyl (C=O) groups is 1. The molecule has 1 unspecified atom stereocenters. The number of rotatable bonds is 6. The number of nitrogens with zero attached hydrogens (tertiary/aromatic N) is 2. The summed E-state index contributed by atoms with van der Waals surface area (Å²) in [4.78, 5) is 21.6. The van der Waals surface area contributed by atoms with Gasteiger partial charge in [0.05, 0.1) is 5.52 Å². The predicted molar refractivity (Wildman–Crippen MR) is 110 cm³/mol. The van der Waals surface area contributed by atoms with Crippen molar-refractivity contribution in [2.75, 3.05) is 0 Å². The molecule has 1 amide bonds. The van der Waals surface area contributed by atoms with Crippen molar-refractivity contribution in [3.05, 3.63) is 95.5 Å². The summed E-state index contributed by atoms with van der Waals surface area (Å²) in [6.45, 7) is 6.68. The maximum atomic E-state index is 13.1. The van der Waals surface area contributed by atoms with E-state index in [9.17, 15) is 13.6 Å². The van der Waals surface area contributed by atoms with Crippen molar-refractivity contribution >= 4 is 16.8 Å². The lowest BCUT2D eigenvalue weighted by atomic mass is 10.0. The summed E-state index contributed by atoms with van der Waals surface area (Å²) in [7, 11) is 0. The van der Waals surface area contributed by atoms with Crippen LogP contribution in [0.5, 0.6) is 0 Å². The van der Waals surface area contributed by atoms with E-state index in [1.165, 1.54) is 24.3 Å². The van der Waals surface area contributed by atoms with E-state index >= 15 is 0 Å². The molecule has 29 heavy (non-hydrogen) atoms. The molecule has 0 saturated heterocycles. The molecule has 0 aliphatic carbocycles. The molecule has 3 rings (SSSR count). The lowest BCUT2D eigenvalue weighted by Gasteiger charge is -2.12. The summed E-state index contributed by atoms with van der Waals surface area (Å²) in [6.07, 6.45) is 5.01. The average Bonchev–Trinajstić information content (AvgIpc) is 2.67. The summed E-state index contributed by atoms with van der Waals surface area (Å²) in [5, 5.41) is 3.40. The highest BCUT2D eigenvalue weighted by Crippen LogP contribution is 2.20. The smallest absolute Gasteiger partial charge is 0.271 e. The van der Waals surface area contributed by atoms with Crippen LogP contribution in [0.25, 0.3) is 10.9 Å². The van der Waals surface area contributed by atoms with Crippen LogP contribution in [0, 0.1) is 12.7 Å². The van der Waals surface area contributed by atoms with Crippen molar-refractivity contribution in [2.24, 2.45) is 0 Å². The summed E-state index contributed by atoms with van der Waals surface area (Å²) in [6, 6.07) is 9.54. The fourth-order valence-electron chi connectivity index (χ4n) is 2.97. The second-order valence-electron chi connectivity index (χ2n) is 6.89. The highest BCUT2D eigenvalue weighted by atomic mass is 19.1. The first-order chi connectivity index (χ1) is 13.8. The lowest BCUT2D eigenvalue weighted by Crippen LogP contribution is -2.32. The van der Waals surface area contributed by atoms with Crippen LogP contribution < -0.4 is 5.32 Å². The number of aryl methyl sites for hydroxylation is 1. The predicted octanol–water partition coefficient (Wildman–Crippen LogP) is 4.83. The highest BCUT2D eigenvalue weighted by molar-refractivity contribution is 6.04. The Morgan fingerprint density at radius 3 is 2.66 bits per heavy atom. The molecule has 0 fully saturated rings. The third-order valence-corrected chi connectivity index (χ3v) is 4.33. The summed E-state index contributed by atoms with van der Waals surface area (Å²) in [5.74, 6) is -1.25. The Kier molecular flexibility index (Phi) is 6.12. The van der Waals surface area contributed by atoms with Gasteiger partial charge in [-0.15, -0.1) is 0 Å². The van der Waals surface area contributed by atoms with E-state index in [0.717, 1.165) is 11.1 Å². The van der Waals surface area contributed by atoms with Gasteiger partial charge in [-0.25, -0.2) is 13.8 Å². The van der Waals surface area contributed by atoms with Crippen molar-refractivity contribution in [1.29, 1.82) is 0 Å². The standard InChI is InChI=1S/C23H21F2N3O/c1-14(24)4-5-15(2)28-23(29)22-20-12-18(11-17-6-8-19(25)9-7-17)13-26-21(20)10-16(3)27-22/h4-10,12-13,15H,1,11H2,2-3H3,(H,28,29)/b5-4-. The van der Waals surface area contributed by atoms with Crippen LogP contribution in [0.4, 0.5) is 8.78 Å². The first kappa shape index (κ1) is 20.3. The van der Waals surface area contributed by atoms with Gasteiger partial charge in [-0.2, -0.15) is 0 Å². The zero-order valence-corrected chi connectivity index (χ0v) is 16.2. The van der Waals surface area contributed by atoms with E-state index in [2.05, 4.69) is 21.9 Å². The van der Waals surface area contributed by atoms with E-state index in [-0.39, 0.29) is 17.4 Å². The molecule has 0 aliphatic heterocycles. The number of hydrogen-bond donors (Lipinski definition) is 1. The van der Waals surface area contributed by atoms with Crippen LogP contribution in [0.2, 0.25) is 0 Å². The number of halogens is 2. The fourth-order valence-corrected chi connectivity index (χ4v) is 2.97. The van der Waals surface area contributed by atoms with E-state index in [4.69, 9.17) is 0 Å².